The molecule has 0 fully saturated rings. The first-order valence-corrected chi connectivity index (χ1v) is 23.6. The minimum absolute atomic E-state index is 0. The molecule has 0 saturated carbocycles. The zero-order valence-corrected chi connectivity index (χ0v) is 27.2. The number of halogens is 6. The Morgan fingerprint density at radius 1 is 0.622 bits per heavy atom. The van der Waals surface area contributed by atoms with Crippen molar-refractivity contribution >= 4 is 83.3 Å². The SMILES string of the molecule is O=S(=O)(O)c1ccccc1F.O=[As](O)(O)F.O=[As](O)(O)F.O=[As](O)(O)F.O=[As](O)(O)F.O=[As]([O-])(O)F.[Li+]. The van der Waals surface area contributed by atoms with Crippen LogP contribution in [0.1, 0.15) is 0 Å². The fraction of sp³-hybridized carbons (Fsp3) is 0. The van der Waals surface area contributed by atoms with Crippen molar-refractivity contribution in [3.63, 3.8) is 0 Å². The summed E-state index contributed by atoms with van der Waals surface area (Å²) >= 11 is -28.4. The Morgan fingerprint density at radius 2 is 0.784 bits per heavy atom. The van der Waals surface area contributed by atoms with Gasteiger partial charge in [-0.25, -0.2) is 4.39 Å². The summed E-state index contributed by atoms with van der Waals surface area (Å²) in [5, 5.41) is 0. The first kappa shape index (κ1) is 50.5. The van der Waals surface area contributed by atoms with Crippen LogP contribution in [0.3, 0.4) is 0 Å². The van der Waals surface area contributed by atoms with Gasteiger partial charge in [0, 0.05) is 0 Å². The predicted octanol–water partition coefficient (Wildman–Crippen LogP) is -8.52. The fourth-order valence-corrected chi connectivity index (χ4v) is 1.22. The molecule has 0 aliphatic carbocycles. The topological polar surface area (TPSA) is 345 Å². The van der Waals surface area contributed by atoms with Gasteiger partial charge in [-0.3, -0.25) is 4.55 Å². The van der Waals surface area contributed by atoms with E-state index in [4.69, 9.17) is 64.2 Å². The molecule has 1 atom stereocenters. The van der Waals surface area contributed by atoms with Gasteiger partial charge >= 0.3 is 169 Å². The van der Waals surface area contributed by atoms with Crippen LogP contribution in [0.2, 0.25) is 0 Å². The van der Waals surface area contributed by atoms with Gasteiger partial charge in [0.1, 0.15) is 10.7 Å². The van der Waals surface area contributed by atoms with Crippen molar-refractivity contribution < 1.29 is 113 Å². The zero-order valence-electron chi connectivity index (χ0n) is 17.0. The average molecular weight is 902 g/mol. The van der Waals surface area contributed by atoms with Gasteiger partial charge in [-0.2, -0.15) is 8.42 Å². The molecule has 1 rings (SSSR count). The number of rotatable bonds is 1. The van der Waals surface area contributed by atoms with Crippen LogP contribution in [0.15, 0.2) is 29.2 Å². The molecule has 0 aliphatic heterocycles. The maximum atomic E-state index is 12.5. The van der Waals surface area contributed by atoms with Gasteiger partial charge < -0.3 is 0 Å². The second-order valence-electron chi connectivity index (χ2n) is 4.25. The van der Waals surface area contributed by atoms with Crippen LogP contribution in [0.4, 0.5) is 21.7 Å². The van der Waals surface area contributed by atoms with Crippen molar-refractivity contribution in [3.8, 4) is 0 Å². The summed E-state index contributed by atoms with van der Waals surface area (Å²) < 4.78 is 209. The molecule has 220 valence electrons. The Bertz CT molecular complexity index is 933. The van der Waals surface area contributed by atoms with Crippen LogP contribution in [-0.4, -0.2) is 123 Å². The molecule has 0 spiro atoms. The Morgan fingerprint density at radius 3 is 0.892 bits per heavy atom. The summed E-state index contributed by atoms with van der Waals surface area (Å²) in [5.41, 5.74) is 0. The molecule has 0 heterocycles. The summed E-state index contributed by atoms with van der Waals surface area (Å²) in [6, 6.07) is 4.62. The van der Waals surface area contributed by atoms with E-state index < -0.39 is 94.0 Å². The smallest absolute Gasteiger partial charge is 1.00 e. The Balaban J connectivity index is -0.0000000812. The van der Waals surface area contributed by atoms with E-state index in [2.05, 4.69) is 0 Å². The molecule has 31 heteroatoms. The average Bonchev–Trinajstić information content (AvgIpc) is 2.36. The molecule has 0 radical (unpaired) electrons. The van der Waals surface area contributed by atoms with Gasteiger partial charge in [0.15, 0.2) is 0 Å². The van der Waals surface area contributed by atoms with Crippen molar-refractivity contribution in [2.75, 3.05) is 0 Å². The third-order valence-corrected chi connectivity index (χ3v) is 2.00. The number of hydrogen-bond donors (Lipinski definition) is 10. The van der Waals surface area contributed by atoms with E-state index >= 15 is 0 Å². The summed E-state index contributed by atoms with van der Waals surface area (Å²) in [4.78, 5) is -0.694. The van der Waals surface area contributed by atoms with Gasteiger partial charge in [-0.1, -0.05) is 12.1 Å². The molecule has 0 saturated heterocycles. The van der Waals surface area contributed by atoms with Crippen molar-refractivity contribution in [2.24, 2.45) is 0 Å². The summed E-state index contributed by atoms with van der Waals surface area (Å²) in [7, 11) is -4.41. The Hall–Kier alpha value is 0.700. The number of benzene rings is 1. The molecule has 37 heavy (non-hydrogen) atoms. The third-order valence-electron chi connectivity index (χ3n) is 1.11. The third kappa shape index (κ3) is 141. The van der Waals surface area contributed by atoms with Crippen molar-refractivity contribution in [2.45, 2.75) is 4.90 Å². The quantitative estimate of drug-likeness (QED) is 0.0711. The molecule has 0 amide bonds. The minimum Gasteiger partial charge on any atom is 1.00 e. The van der Waals surface area contributed by atoms with Crippen molar-refractivity contribution in [1.82, 2.24) is 0 Å². The Kier molecular flexibility index (Phi) is 29.3. The predicted molar refractivity (Wildman–Crippen MR) is 93.9 cm³/mol. The van der Waals surface area contributed by atoms with Gasteiger partial charge in [-0.15, -0.1) is 0 Å². The molecule has 10 N–H and O–H groups in total. The van der Waals surface area contributed by atoms with E-state index in [9.17, 15) is 30.1 Å². The van der Waals surface area contributed by atoms with E-state index in [-0.39, 0.29) is 18.9 Å². The van der Waals surface area contributed by atoms with Crippen LogP contribution >= 0.6 is 0 Å². The van der Waals surface area contributed by atoms with Gasteiger partial charge in [0.25, 0.3) is 10.1 Å². The van der Waals surface area contributed by atoms with Gasteiger partial charge in [-0.05, 0) is 12.1 Å². The van der Waals surface area contributed by atoms with Crippen LogP contribution in [-0.2, 0) is 28.8 Å². The van der Waals surface area contributed by atoms with Crippen molar-refractivity contribution in [1.29, 1.82) is 0 Å². The van der Waals surface area contributed by atoms with E-state index in [1.807, 2.05) is 0 Å². The molecule has 0 bridgehead atoms. The minimum atomic E-state index is -5.88. The van der Waals surface area contributed by atoms with Gasteiger partial charge in [0.2, 0.25) is 0 Å². The summed E-state index contributed by atoms with van der Waals surface area (Å²) in [6.45, 7) is 0. The first-order chi connectivity index (χ1) is 15.0. The Labute approximate surface area is 229 Å². The first-order valence-electron chi connectivity index (χ1n) is 6.48. The number of hydrogen-bond acceptors (Lipinski definition) is 8. The molecular weight excluding hydrogens is 888 g/mol. The molecule has 1 aromatic rings. The molecule has 1 unspecified atom stereocenters. The zero-order chi connectivity index (χ0) is 31.0. The van der Waals surface area contributed by atoms with E-state index in [1.165, 1.54) is 12.1 Å². The normalized spacial score (nSPS) is 12.7. The second-order valence-corrected chi connectivity index (χ2v) is 15.5. The standard InChI is InChI=1S/C6H5FO3S.5AsFH2O3.Li/c7-5-3-1-2-4-6(5)11(8,9)10;5*2-1(3,4)5;/h1-4H,(H,8,9,10);5*(H2,3,4,5);/q;;;;;;+1/p-1. The fourth-order valence-electron chi connectivity index (χ4n) is 0.654. The maximum absolute atomic E-state index is 12.5. The molecule has 18 nitrogen and oxygen atoms in total. The van der Waals surface area contributed by atoms with Crippen LogP contribution < -0.4 is 23.0 Å². The van der Waals surface area contributed by atoms with E-state index in [0.29, 0.717) is 0 Å². The molecule has 0 aliphatic rings. The summed E-state index contributed by atoms with van der Waals surface area (Å²) in [5.74, 6) is -0.949. The van der Waals surface area contributed by atoms with Crippen LogP contribution in [0, 0.1) is 5.82 Å². The second kappa shape index (κ2) is 21.4. The largest absolute Gasteiger partial charge is 1.00 e. The maximum Gasteiger partial charge on any atom is 1.00 e. The monoisotopic (exact) mass is 902 g/mol. The van der Waals surface area contributed by atoms with Crippen LogP contribution in [0.25, 0.3) is 0 Å². The summed E-state index contributed by atoms with van der Waals surface area (Å²) in [6.07, 6.45) is 0. The molecule has 1 aromatic carbocycles. The van der Waals surface area contributed by atoms with Gasteiger partial charge in [0.05, 0.1) is 0 Å². The molecule has 0 aromatic heterocycles. The molecular formula is C6H14As5F6LiO18S. The van der Waals surface area contributed by atoms with E-state index in [0.717, 1.165) is 12.1 Å². The van der Waals surface area contributed by atoms with E-state index in [1.54, 1.807) is 0 Å². The van der Waals surface area contributed by atoms with Crippen molar-refractivity contribution in [3.05, 3.63) is 30.1 Å². The van der Waals surface area contributed by atoms with Crippen LogP contribution in [0.5, 0.6) is 0 Å².